The number of carbonyl (C=O) groups is 2. The van der Waals surface area contributed by atoms with E-state index in [1.807, 2.05) is 56.3 Å². The Labute approximate surface area is 257 Å². The molecule has 236 valence electrons. The first-order valence-electron chi connectivity index (χ1n) is 14.5. The van der Waals surface area contributed by atoms with E-state index < -0.39 is 35.5 Å². The fraction of sp³-hybridized carbons (Fsp3) is 0.469. The Morgan fingerprint density at radius 3 is 2.36 bits per heavy atom. The van der Waals surface area contributed by atoms with Crippen molar-refractivity contribution in [3.63, 3.8) is 0 Å². The Morgan fingerprint density at radius 2 is 1.73 bits per heavy atom. The number of nitrogens with one attached hydrogen (secondary N) is 1. The standard InChI is InChI=1S/C32H41N5O7/c1-19-9-11-21(12-10-19)18-41-24-14-13-22(17-20(24)2)26-33-27(44-36-26)25-23(38)15-16-37(25)28(34-29(39)42-31(3,4)5)35-30(40)43-32(6,7)8/h9-14,17,23,25,38H,15-16,18H2,1-8H3,(H,34,35,39,40)/t23-,25-/m0/s1. The molecule has 1 saturated heterocycles. The maximum Gasteiger partial charge on any atom is 0.437 e. The van der Waals surface area contributed by atoms with Crippen molar-refractivity contribution in [3.8, 4) is 17.1 Å². The molecule has 2 amide bonds. The van der Waals surface area contributed by atoms with Gasteiger partial charge >= 0.3 is 12.2 Å². The number of aryl methyl sites for hydroxylation is 2. The fourth-order valence-corrected chi connectivity index (χ4v) is 4.51. The topological polar surface area (TPSA) is 149 Å². The molecule has 2 aromatic carbocycles. The number of aliphatic hydroxyl groups excluding tert-OH is 1. The second-order valence-electron chi connectivity index (χ2n) is 12.7. The quantitative estimate of drug-likeness (QED) is 0.267. The predicted molar refractivity (Wildman–Crippen MR) is 163 cm³/mol. The molecule has 2 atom stereocenters. The van der Waals surface area contributed by atoms with E-state index in [2.05, 4.69) is 20.4 Å². The third-order valence-electron chi connectivity index (χ3n) is 6.48. The maximum atomic E-state index is 12.7. The maximum absolute atomic E-state index is 12.7. The molecule has 2 heterocycles. The minimum Gasteiger partial charge on any atom is -0.489 e. The van der Waals surface area contributed by atoms with Crippen LogP contribution in [0.2, 0.25) is 0 Å². The lowest BCUT2D eigenvalue weighted by atomic mass is 10.1. The summed E-state index contributed by atoms with van der Waals surface area (Å²) < 4.78 is 22.3. The highest BCUT2D eigenvalue weighted by molar-refractivity contribution is 5.99. The summed E-state index contributed by atoms with van der Waals surface area (Å²) in [6.45, 7) is 14.9. The monoisotopic (exact) mass is 607 g/mol. The summed E-state index contributed by atoms with van der Waals surface area (Å²) in [6, 6.07) is 12.8. The smallest absolute Gasteiger partial charge is 0.437 e. The van der Waals surface area contributed by atoms with E-state index in [9.17, 15) is 14.7 Å². The Bertz CT molecular complexity index is 1500. The summed E-state index contributed by atoms with van der Waals surface area (Å²) in [5.74, 6) is 0.954. The van der Waals surface area contributed by atoms with E-state index in [4.69, 9.17) is 18.7 Å². The van der Waals surface area contributed by atoms with Gasteiger partial charge in [0.2, 0.25) is 11.8 Å². The van der Waals surface area contributed by atoms with Gasteiger partial charge in [-0.25, -0.2) is 9.59 Å². The highest BCUT2D eigenvalue weighted by Crippen LogP contribution is 2.33. The van der Waals surface area contributed by atoms with Gasteiger partial charge in [0.1, 0.15) is 29.6 Å². The first-order valence-corrected chi connectivity index (χ1v) is 14.5. The molecule has 2 N–H and O–H groups in total. The number of nitrogens with zero attached hydrogens (tertiary/aromatic N) is 4. The van der Waals surface area contributed by atoms with Crippen LogP contribution in [0.5, 0.6) is 5.75 Å². The molecule has 0 aliphatic carbocycles. The zero-order valence-electron chi connectivity index (χ0n) is 26.5. The zero-order valence-corrected chi connectivity index (χ0v) is 26.5. The van der Waals surface area contributed by atoms with E-state index in [0.29, 0.717) is 18.0 Å². The number of benzene rings is 2. The normalized spacial score (nSPS) is 17.4. The van der Waals surface area contributed by atoms with E-state index in [1.165, 1.54) is 10.5 Å². The van der Waals surface area contributed by atoms with Crippen molar-refractivity contribution in [1.82, 2.24) is 20.4 Å². The number of likely N-dealkylation sites (tertiary alicyclic amines) is 1. The van der Waals surface area contributed by atoms with Gasteiger partial charge in [-0.3, -0.25) is 5.32 Å². The van der Waals surface area contributed by atoms with Crippen molar-refractivity contribution in [2.45, 2.75) is 91.8 Å². The van der Waals surface area contributed by atoms with Crippen LogP contribution in [0.25, 0.3) is 11.4 Å². The van der Waals surface area contributed by atoms with Crippen LogP contribution < -0.4 is 10.1 Å². The Balaban J connectivity index is 1.56. The molecule has 0 bridgehead atoms. The van der Waals surface area contributed by atoms with Crippen LogP contribution in [0.3, 0.4) is 0 Å². The fourth-order valence-electron chi connectivity index (χ4n) is 4.51. The highest BCUT2D eigenvalue weighted by Gasteiger charge is 2.41. The van der Waals surface area contributed by atoms with Gasteiger partial charge in [0.15, 0.2) is 0 Å². The molecule has 4 rings (SSSR count). The van der Waals surface area contributed by atoms with Crippen molar-refractivity contribution in [1.29, 1.82) is 0 Å². The van der Waals surface area contributed by atoms with E-state index >= 15 is 0 Å². The van der Waals surface area contributed by atoms with Crippen molar-refractivity contribution in [2.24, 2.45) is 4.99 Å². The number of hydrogen-bond acceptors (Lipinski definition) is 9. The molecule has 0 unspecified atom stereocenters. The minimum atomic E-state index is -0.952. The molecule has 3 aromatic rings. The highest BCUT2D eigenvalue weighted by atomic mass is 16.6. The Kier molecular flexibility index (Phi) is 9.62. The zero-order chi connectivity index (χ0) is 32.2. The summed E-state index contributed by atoms with van der Waals surface area (Å²) in [5.41, 5.74) is 2.21. The van der Waals surface area contributed by atoms with Gasteiger partial charge in [-0.2, -0.15) is 4.98 Å². The average molecular weight is 608 g/mol. The van der Waals surface area contributed by atoms with Crippen LogP contribution in [0, 0.1) is 13.8 Å². The average Bonchev–Trinajstić information content (AvgIpc) is 3.53. The van der Waals surface area contributed by atoms with E-state index in [0.717, 1.165) is 16.9 Å². The lowest BCUT2D eigenvalue weighted by molar-refractivity contribution is 0.0546. The number of aliphatic imine (C=N–C) groups is 1. The first-order chi connectivity index (χ1) is 20.6. The van der Waals surface area contributed by atoms with Crippen molar-refractivity contribution in [2.75, 3.05) is 6.54 Å². The van der Waals surface area contributed by atoms with Gasteiger partial charge in [-0.1, -0.05) is 35.0 Å². The molecule has 0 saturated carbocycles. The van der Waals surface area contributed by atoms with Gasteiger partial charge in [0.25, 0.3) is 5.89 Å². The molecule has 0 spiro atoms. The third-order valence-corrected chi connectivity index (χ3v) is 6.48. The molecule has 12 heteroatoms. The molecular weight excluding hydrogens is 566 g/mol. The van der Waals surface area contributed by atoms with Crippen LogP contribution in [-0.4, -0.2) is 62.1 Å². The molecule has 44 heavy (non-hydrogen) atoms. The summed E-state index contributed by atoms with van der Waals surface area (Å²) in [7, 11) is 0. The number of aromatic nitrogens is 2. The molecule has 1 aliphatic rings. The second-order valence-corrected chi connectivity index (χ2v) is 12.7. The largest absolute Gasteiger partial charge is 0.489 e. The molecule has 1 fully saturated rings. The third kappa shape index (κ3) is 8.79. The molecule has 1 aromatic heterocycles. The molecule has 12 nitrogen and oxygen atoms in total. The van der Waals surface area contributed by atoms with Gasteiger partial charge in [-0.15, -0.1) is 4.99 Å². The Morgan fingerprint density at radius 1 is 1.05 bits per heavy atom. The summed E-state index contributed by atoms with van der Waals surface area (Å²) in [6.07, 6.45) is -2.41. The van der Waals surface area contributed by atoms with Crippen molar-refractivity contribution in [3.05, 3.63) is 65.0 Å². The predicted octanol–water partition coefficient (Wildman–Crippen LogP) is 5.86. The minimum absolute atomic E-state index is 0.0882. The van der Waals surface area contributed by atoms with Crippen LogP contribution in [-0.2, 0) is 16.1 Å². The number of ether oxygens (including phenoxy) is 3. The summed E-state index contributed by atoms with van der Waals surface area (Å²) in [4.78, 5) is 35.4. The molecule has 0 radical (unpaired) electrons. The Hall–Kier alpha value is -4.45. The number of hydrogen-bond donors (Lipinski definition) is 2. The van der Waals surface area contributed by atoms with Gasteiger partial charge in [0, 0.05) is 12.1 Å². The number of amides is 2. The number of rotatable bonds is 5. The lowest BCUT2D eigenvalue weighted by Crippen LogP contribution is -2.47. The van der Waals surface area contributed by atoms with Crippen LogP contribution in [0.1, 0.15) is 76.6 Å². The molecular formula is C32H41N5O7. The van der Waals surface area contributed by atoms with Crippen molar-refractivity contribution < 1.29 is 33.4 Å². The molecule has 1 aliphatic heterocycles. The van der Waals surface area contributed by atoms with Crippen LogP contribution in [0.4, 0.5) is 9.59 Å². The number of alkyl carbamates (subject to hydrolysis) is 1. The summed E-state index contributed by atoms with van der Waals surface area (Å²) in [5, 5.41) is 17.6. The second kappa shape index (κ2) is 13.0. The number of guanidine groups is 1. The van der Waals surface area contributed by atoms with Gasteiger partial charge < -0.3 is 28.7 Å². The van der Waals surface area contributed by atoms with Crippen LogP contribution >= 0.6 is 0 Å². The summed E-state index contributed by atoms with van der Waals surface area (Å²) >= 11 is 0. The first kappa shape index (κ1) is 32.5. The number of carbonyl (C=O) groups excluding carboxylic acids is 2. The van der Waals surface area contributed by atoms with Crippen molar-refractivity contribution >= 4 is 18.1 Å². The van der Waals surface area contributed by atoms with E-state index in [1.54, 1.807) is 41.5 Å². The number of aliphatic hydroxyl groups is 1. The lowest BCUT2D eigenvalue weighted by Gasteiger charge is -2.28. The van der Waals surface area contributed by atoms with Crippen LogP contribution in [0.15, 0.2) is 52.0 Å². The van der Waals surface area contributed by atoms with Gasteiger partial charge in [0.05, 0.1) is 6.10 Å². The van der Waals surface area contributed by atoms with Gasteiger partial charge in [-0.05, 0) is 91.1 Å². The van der Waals surface area contributed by atoms with E-state index in [-0.39, 0.29) is 24.8 Å². The SMILES string of the molecule is Cc1ccc(COc2ccc(-c3noc([C@@H]4[C@@H](O)CCN4C(=NC(=O)OC(C)(C)C)NC(=O)OC(C)(C)C)n3)cc2C)cc1.